The van der Waals surface area contributed by atoms with E-state index in [2.05, 4.69) is 5.10 Å². The van der Waals surface area contributed by atoms with E-state index in [1.807, 2.05) is 0 Å². The molecular weight excluding hydrogens is 353 g/mol. The number of carbonyl (C=O) groups is 1. The van der Waals surface area contributed by atoms with E-state index in [0.717, 1.165) is 24.1 Å². The second-order valence-corrected chi connectivity index (χ2v) is 6.16. The van der Waals surface area contributed by atoms with Crippen molar-refractivity contribution in [3.63, 3.8) is 0 Å². The van der Waals surface area contributed by atoms with Gasteiger partial charge >= 0.3 is 5.97 Å². The minimum atomic E-state index is -0.622. The molecule has 136 valence electrons. The Balaban J connectivity index is 1.63. The number of ether oxygens (including phenoxy) is 1. The van der Waals surface area contributed by atoms with Crippen LogP contribution in [0.2, 0.25) is 0 Å². The van der Waals surface area contributed by atoms with Gasteiger partial charge in [-0.3, -0.25) is 10.1 Å². The maximum Gasteiger partial charge on any atom is 0.364 e. The van der Waals surface area contributed by atoms with E-state index in [1.54, 1.807) is 16.8 Å². The largest absolute Gasteiger partial charge is 0.422 e. The standard InChI is InChI=1S/C19H14FN3O4/c20-12-4-6-13(7-5-12)22-17-3-1-2-16(17)18(21-22)19(24)27-15-10-8-14(9-11-15)23(25)26/h4-11H,1-3H2. The molecule has 1 aliphatic rings. The van der Waals surface area contributed by atoms with Crippen LogP contribution in [0.3, 0.4) is 0 Å². The Morgan fingerprint density at radius 1 is 1.11 bits per heavy atom. The third kappa shape index (κ3) is 3.17. The molecule has 0 aliphatic heterocycles. The zero-order chi connectivity index (χ0) is 19.0. The first-order valence-corrected chi connectivity index (χ1v) is 8.36. The predicted octanol–water partition coefficient (Wildman–Crippen LogP) is 3.63. The number of rotatable bonds is 4. The first-order valence-electron chi connectivity index (χ1n) is 8.36. The van der Waals surface area contributed by atoms with Crippen molar-refractivity contribution in [2.45, 2.75) is 19.3 Å². The summed E-state index contributed by atoms with van der Waals surface area (Å²) in [5, 5.41) is 15.1. The van der Waals surface area contributed by atoms with Gasteiger partial charge in [-0.05, 0) is 55.7 Å². The van der Waals surface area contributed by atoms with Gasteiger partial charge in [-0.25, -0.2) is 13.9 Å². The second-order valence-electron chi connectivity index (χ2n) is 6.16. The number of aromatic nitrogens is 2. The normalized spacial score (nSPS) is 12.6. The van der Waals surface area contributed by atoms with Crippen LogP contribution in [0.15, 0.2) is 48.5 Å². The summed E-state index contributed by atoms with van der Waals surface area (Å²) in [6.45, 7) is 0. The Kier molecular flexibility index (Phi) is 4.15. The minimum Gasteiger partial charge on any atom is -0.422 e. The van der Waals surface area contributed by atoms with E-state index in [1.165, 1.54) is 36.4 Å². The predicted molar refractivity (Wildman–Crippen MR) is 93.6 cm³/mol. The van der Waals surface area contributed by atoms with Gasteiger partial charge in [0.05, 0.1) is 10.6 Å². The van der Waals surface area contributed by atoms with E-state index < -0.39 is 10.9 Å². The molecule has 1 heterocycles. The first kappa shape index (κ1) is 16.9. The molecule has 4 rings (SSSR count). The topological polar surface area (TPSA) is 87.3 Å². The van der Waals surface area contributed by atoms with Gasteiger partial charge in [-0.1, -0.05) is 0 Å². The number of nitro benzene ring substituents is 1. The summed E-state index contributed by atoms with van der Waals surface area (Å²) >= 11 is 0. The van der Waals surface area contributed by atoms with Crippen LogP contribution in [0.25, 0.3) is 5.69 Å². The monoisotopic (exact) mass is 367 g/mol. The lowest BCUT2D eigenvalue weighted by atomic mass is 10.2. The number of halogens is 1. The molecule has 0 saturated carbocycles. The summed E-state index contributed by atoms with van der Waals surface area (Å²) in [5.74, 6) is -0.767. The smallest absolute Gasteiger partial charge is 0.364 e. The third-order valence-corrected chi connectivity index (χ3v) is 4.45. The van der Waals surface area contributed by atoms with Gasteiger partial charge in [0.1, 0.15) is 11.6 Å². The van der Waals surface area contributed by atoms with Crippen LogP contribution in [0.1, 0.15) is 28.2 Å². The fourth-order valence-electron chi connectivity index (χ4n) is 3.19. The van der Waals surface area contributed by atoms with E-state index in [0.29, 0.717) is 12.1 Å². The van der Waals surface area contributed by atoms with Gasteiger partial charge in [0.2, 0.25) is 0 Å². The molecular formula is C19H14FN3O4. The molecule has 0 saturated heterocycles. The highest BCUT2D eigenvalue weighted by Gasteiger charge is 2.28. The zero-order valence-corrected chi connectivity index (χ0v) is 14.1. The number of hydrogen-bond donors (Lipinski definition) is 0. The fourth-order valence-corrected chi connectivity index (χ4v) is 3.19. The highest BCUT2D eigenvalue weighted by atomic mass is 19.1. The lowest BCUT2D eigenvalue weighted by Crippen LogP contribution is -2.12. The van der Waals surface area contributed by atoms with Crippen LogP contribution in [0, 0.1) is 15.9 Å². The van der Waals surface area contributed by atoms with E-state index in [-0.39, 0.29) is 22.9 Å². The molecule has 0 N–H and O–H groups in total. The molecule has 27 heavy (non-hydrogen) atoms. The van der Waals surface area contributed by atoms with Crippen molar-refractivity contribution in [1.29, 1.82) is 0 Å². The van der Waals surface area contributed by atoms with Crippen molar-refractivity contribution in [1.82, 2.24) is 9.78 Å². The van der Waals surface area contributed by atoms with Crippen molar-refractivity contribution < 1.29 is 18.8 Å². The molecule has 3 aromatic rings. The summed E-state index contributed by atoms with van der Waals surface area (Å²) < 4.78 is 20.2. The molecule has 0 fully saturated rings. The van der Waals surface area contributed by atoms with Gasteiger partial charge in [-0.15, -0.1) is 0 Å². The van der Waals surface area contributed by atoms with Crippen molar-refractivity contribution >= 4 is 11.7 Å². The zero-order valence-electron chi connectivity index (χ0n) is 14.1. The Morgan fingerprint density at radius 2 is 1.81 bits per heavy atom. The highest BCUT2D eigenvalue weighted by molar-refractivity contribution is 5.91. The second kappa shape index (κ2) is 6.64. The van der Waals surface area contributed by atoms with E-state index in [9.17, 15) is 19.3 Å². The SMILES string of the molecule is O=C(Oc1ccc([N+](=O)[O-])cc1)c1nn(-c2ccc(F)cc2)c2c1CCC2. The Bertz CT molecular complexity index is 1030. The summed E-state index contributed by atoms with van der Waals surface area (Å²) in [4.78, 5) is 22.8. The number of carbonyl (C=O) groups excluding carboxylic acids is 1. The summed E-state index contributed by atoms with van der Waals surface area (Å²) in [7, 11) is 0. The van der Waals surface area contributed by atoms with Crippen molar-refractivity contribution in [3.05, 3.63) is 81.4 Å². The lowest BCUT2D eigenvalue weighted by molar-refractivity contribution is -0.384. The lowest BCUT2D eigenvalue weighted by Gasteiger charge is -2.05. The number of fused-ring (bicyclic) bond motifs is 1. The van der Waals surface area contributed by atoms with Crippen LogP contribution < -0.4 is 4.74 Å². The number of esters is 1. The van der Waals surface area contributed by atoms with E-state index >= 15 is 0 Å². The third-order valence-electron chi connectivity index (χ3n) is 4.45. The Morgan fingerprint density at radius 3 is 2.48 bits per heavy atom. The summed E-state index contributed by atoms with van der Waals surface area (Å²) in [5.41, 5.74) is 2.54. The summed E-state index contributed by atoms with van der Waals surface area (Å²) in [6.07, 6.45) is 2.37. The van der Waals surface area contributed by atoms with Gasteiger partial charge in [0, 0.05) is 23.4 Å². The van der Waals surface area contributed by atoms with Crippen molar-refractivity contribution in [2.24, 2.45) is 0 Å². The van der Waals surface area contributed by atoms with Gasteiger partial charge in [0.25, 0.3) is 5.69 Å². The molecule has 8 heteroatoms. The number of nitrogens with zero attached hydrogens (tertiary/aromatic N) is 3. The average Bonchev–Trinajstić information content (AvgIpc) is 3.25. The molecule has 0 spiro atoms. The van der Waals surface area contributed by atoms with Crippen LogP contribution in [0.4, 0.5) is 10.1 Å². The van der Waals surface area contributed by atoms with Gasteiger partial charge in [0.15, 0.2) is 5.69 Å². The summed E-state index contributed by atoms with van der Waals surface area (Å²) in [6, 6.07) is 11.2. The van der Waals surface area contributed by atoms with Crippen molar-refractivity contribution in [2.75, 3.05) is 0 Å². The number of hydrogen-bond acceptors (Lipinski definition) is 5. The van der Waals surface area contributed by atoms with Crippen LogP contribution in [0.5, 0.6) is 5.75 Å². The van der Waals surface area contributed by atoms with Gasteiger partial charge in [-0.2, -0.15) is 5.10 Å². The molecule has 0 amide bonds. The minimum absolute atomic E-state index is 0.0868. The Hall–Kier alpha value is -3.55. The fraction of sp³-hybridized carbons (Fsp3) is 0.158. The maximum absolute atomic E-state index is 13.2. The molecule has 7 nitrogen and oxygen atoms in total. The van der Waals surface area contributed by atoms with Crippen LogP contribution in [-0.4, -0.2) is 20.7 Å². The molecule has 0 bridgehead atoms. The first-order chi connectivity index (χ1) is 13.0. The van der Waals surface area contributed by atoms with Crippen LogP contribution >= 0.6 is 0 Å². The molecule has 2 aromatic carbocycles. The molecule has 0 radical (unpaired) electrons. The molecule has 0 atom stereocenters. The number of benzene rings is 2. The van der Waals surface area contributed by atoms with Gasteiger partial charge < -0.3 is 4.74 Å². The van der Waals surface area contributed by atoms with Crippen LogP contribution in [-0.2, 0) is 12.8 Å². The number of nitro groups is 1. The molecule has 1 aromatic heterocycles. The van der Waals surface area contributed by atoms with Crippen molar-refractivity contribution in [3.8, 4) is 11.4 Å². The average molecular weight is 367 g/mol. The molecule has 0 unspecified atom stereocenters. The molecule has 1 aliphatic carbocycles. The number of non-ortho nitro benzene ring substituents is 1. The highest BCUT2D eigenvalue weighted by Crippen LogP contribution is 2.29. The quantitative estimate of drug-likeness (QED) is 0.304. The van der Waals surface area contributed by atoms with E-state index in [4.69, 9.17) is 4.74 Å². The maximum atomic E-state index is 13.2. The Labute approximate surface area is 153 Å².